The van der Waals surface area contributed by atoms with Gasteiger partial charge >= 0.3 is 5.63 Å². The van der Waals surface area contributed by atoms with Gasteiger partial charge in [-0.2, -0.15) is 0 Å². The van der Waals surface area contributed by atoms with Gasteiger partial charge in [-0.15, -0.1) is 0 Å². The number of rotatable bonds is 1. The van der Waals surface area contributed by atoms with E-state index in [1.807, 2.05) is 55.5 Å². The van der Waals surface area contributed by atoms with Crippen LogP contribution in [-0.2, 0) is 4.74 Å². The summed E-state index contributed by atoms with van der Waals surface area (Å²) in [7, 11) is 0. The van der Waals surface area contributed by atoms with Gasteiger partial charge in [-0.05, 0) is 17.7 Å². The quantitative estimate of drug-likeness (QED) is 0.510. The van der Waals surface area contributed by atoms with Crippen LogP contribution in [0.15, 0.2) is 63.8 Å². The van der Waals surface area contributed by atoms with E-state index in [0.717, 1.165) is 10.9 Å². The Bertz CT molecular complexity index is 976. The van der Waals surface area contributed by atoms with Gasteiger partial charge in [0.25, 0.3) is 0 Å². The van der Waals surface area contributed by atoms with Gasteiger partial charge in [0.1, 0.15) is 17.4 Å². The molecular formula is C19H14O4. The normalized spacial score (nSPS) is 27.9. The van der Waals surface area contributed by atoms with E-state index < -0.39 is 5.79 Å². The van der Waals surface area contributed by atoms with Crippen LogP contribution in [0.1, 0.15) is 24.0 Å². The lowest BCUT2D eigenvalue weighted by atomic mass is 9.84. The van der Waals surface area contributed by atoms with Crippen LogP contribution in [0.25, 0.3) is 11.0 Å². The molecule has 1 saturated heterocycles. The van der Waals surface area contributed by atoms with Gasteiger partial charge < -0.3 is 13.9 Å². The van der Waals surface area contributed by atoms with E-state index in [-0.39, 0.29) is 17.6 Å². The summed E-state index contributed by atoms with van der Waals surface area (Å²) >= 11 is 0. The number of hydrogen-bond acceptors (Lipinski definition) is 4. The Hall–Kier alpha value is -2.59. The first kappa shape index (κ1) is 12.9. The van der Waals surface area contributed by atoms with Crippen molar-refractivity contribution in [3.05, 3.63) is 76.1 Å². The Morgan fingerprint density at radius 2 is 1.74 bits per heavy atom. The summed E-state index contributed by atoms with van der Waals surface area (Å²) in [6.07, 6.45) is -0.165. The van der Waals surface area contributed by atoms with Crippen LogP contribution in [0.4, 0.5) is 0 Å². The van der Waals surface area contributed by atoms with Gasteiger partial charge in [-0.25, -0.2) is 4.79 Å². The first-order valence-corrected chi connectivity index (χ1v) is 7.65. The van der Waals surface area contributed by atoms with E-state index in [1.54, 1.807) is 6.07 Å². The van der Waals surface area contributed by atoms with Crippen molar-refractivity contribution in [2.45, 2.75) is 24.7 Å². The fourth-order valence-corrected chi connectivity index (χ4v) is 3.54. The molecule has 0 radical (unpaired) electrons. The Kier molecular flexibility index (Phi) is 2.38. The highest BCUT2D eigenvalue weighted by atomic mass is 16.8. The third-order valence-electron chi connectivity index (χ3n) is 4.70. The number of benzene rings is 2. The highest BCUT2D eigenvalue weighted by Gasteiger charge is 2.64. The molecule has 0 spiro atoms. The zero-order valence-corrected chi connectivity index (χ0v) is 12.5. The van der Waals surface area contributed by atoms with Gasteiger partial charge in [0, 0.05) is 6.92 Å². The average Bonchev–Trinajstić information content (AvgIpc) is 3.25. The fraction of sp³-hybridized carbons (Fsp3) is 0.211. The summed E-state index contributed by atoms with van der Waals surface area (Å²) in [5.41, 5.74) is 1.76. The van der Waals surface area contributed by atoms with Crippen molar-refractivity contribution in [3.63, 3.8) is 0 Å². The molecule has 0 saturated carbocycles. The molecule has 2 aliphatic rings. The topological polar surface area (TPSA) is 52.0 Å². The molecule has 23 heavy (non-hydrogen) atoms. The molecule has 114 valence electrons. The van der Waals surface area contributed by atoms with E-state index >= 15 is 0 Å². The van der Waals surface area contributed by atoms with Gasteiger partial charge in [0.15, 0.2) is 0 Å². The molecule has 3 heterocycles. The van der Waals surface area contributed by atoms with Gasteiger partial charge in [-0.3, -0.25) is 0 Å². The predicted octanol–water partition coefficient (Wildman–Crippen LogP) is 3.43. The maximum absolute atomic E-state index is 12.6. The largest absolute Gasteiger partial charge is 0.458 e. The Labute approximate surface area is 132 Å². The molecule has 3 atom stereocenters. The third-order valence-corrected chi connectivity index (χ3v) is 4.70. The summed E-state index contributed by atoms with van der Waals surface area (Å²) in [4.78, 5) is 12.6. The Balaban J connectivity index is 1.84. The van der Waals surface area contributed by atoms with Gasteiger partial charge in [0.2, 0.25) is 5.79 Å². The lowest BCUT2D eigenvalue weighted by molar-refractivity contribution is 0.0796. The molecule has 4 nitrogen and oxygen atoms in total. The number of epoxide rings is 1. The van der Waals surface area contributed by atoms with Crippen LogP contribution in [0.3, 0.4) is 0 Å². The maximum atomic E-state index is 12.6. The molecule has 0 N–H and O–H groups in total. The number of fused-ring (bicyclic) bond motifs is 4. The molecule has 3 aromatic rings. The van der Waals surface area contributed by atoms with Crippen molar-refractivity contribution >= 4 is 11.0 Å². The second kappa shape index (κ2) is 4.24. The molecular weight excluding hydrogens is 292 g/mol. The van der Waals surface area contributed by atoms with Crippen molar-refractivity contribution in [1.29, 1.82) is 0 Å². The van der Waals surface area contributed by atoms with Crippen molar-refractivity contribution in [1.82, 2.24) is 0 Å². The van der Waals surface area contributed by atoms with Crippen LogP contribution in [0.5, 0.6) is 5.75 Å². The number of para-hydroxylation sites is 1. The summed E-state index contributed by atoms with van der Waals surface area (Å²) < 4.78 is 17.4. The first-order chi connectivity index (χ1) is 11.2. The molecule has 2 aliphatic heterocycles. The second-order valence-corrected chi connectivity index (χ2v) is 6.17. The van der Waals surface area contributed by atoms with Crippen molar-refractivity contribution in [2.24, 2.45) is 0 Å². The molecule has 4 heteroatoms. The van der Waals surface area contributed by atoms with E-state index in [0.29, 0.717) is 16.9 Å². The highest BCUT2D eigenvalue weighted by molar-refractivity contribution is 5.85. The van der Waals surface area contributed by atoms with Crippen LogP contribution in [0, 0.1) is 0 Å². The van der Waals surface area contributed by atoms with Crippen molar-refractivity contribution in [3.8, 4) is 5.75 Å². The van der Waals surface area contributed by atoms with Gasteiger partial charge in [0.05, 0.1) is 16.9 Å². The minimum atomic E-state index is -0.677. The van der Waals surface area contributed by atoms with Crippen LogP contribution < -0.4 is 10.4 Å². The Morgan fingerprint density at radius 3 is 2.57 bits per heavy atom. The lowest BCUT2D eigenvalue weighted by Crippen LogP contribution is -2.32. The lowest BCUT2D eigenvalue weighted by Gasteiger charge is -2.26. The highest BCUT2D eigenvalue weighted by Crippen LogP contribution is 2.55. The smallest absolute Gasteiger partial charge is 0.343 e. The predicted molar refractivity (Wildman–Crippen MR) is 84.7 cm³/mol. The minimum Gasteiger partial charge on any atom is -0.458 e. The summed E-state index contributed by atoms with van der Waals surface area (Å²) in [6.45, 7) is 1.92. The molecule has 5 rings (SSSR count). The monoisotopic (exact) mass is 306 g/mol. The fourth-order valence-electron chi connectivity index (χ4n) is 3.54. The molecule has 2 aromatic carbocycles. The third kappa shape index (κ3) is 1.72. The molecule has 0 amide bonds. The van der Waals surface area contributed by atoms with E-state index in [2.05, 4.69) is 0 Å². The van der Waals surface area contributed by atoms with E-state index in [1.165, 1.54) is 0 Å². The van der Waals surface area contributed by atoms with Crippen LogP contribution in [0.2, 0.25) is 0 Å². The Morgan fingerprint density at radius 1 is 1.00 bits per heavy atom. The zero-order chi connectivity index (χ0) is 15.6. The number of hydrogen-bond donors (Lipinski definition) is 0. The SMILES string of the molecule is C[C@]12Oc3c(c(=O)oc4ccccc34)[C@@H](c3ccccc3)[C@H]1O2. The zero-order valence-electron chi connectivity index (χ0n) is 12.5. The summed E-state index contributed by atoms with van der Waals surface area (Å²) in [6, 6.07) is 17.3. The average molecular weight is 306 g/mol. The number of ether oxygens (including phenoxy) is 2. The molecule has 1 fully saturated rings. The standard InChI is InChI=1S/C19H14O4/c1-19-17(23-19)14(11-7-3-2-4-8-11)15-16(22-19)12-9-5-6-10-13(12)21-18(15)20/h2-10,14,17H,1H3/t14-,17-,19-/m1/s1. The molecule has 1 aromatic heterocycles. The van der Waals surface area contributed by atoms with Crippen LogP contribution >= 0.6 is 0 Å². The molecule has 0 unspecified atom stereocenters. The molecule has 0 bridgehead atoms. The first-order valence-electron chi connectivity index (χ1n) is 7.65. The summed E-state index contributed by atoms with van der Waals surface area (Å²) in [5, 5.41) is 0.804. The van der Waals surface area contributed by atoms with Crippen molar-refractivity contribution < 1.29 is 13.9 Å². The van der Waals surface area contributed by atoms with E-state index in [9.17, 15) is 4.79 Å². The summed E-state index contributed by atoms with van der Waals surface area (Å²) in [5.74, 6) is -0.267. The van der Waals surface area contributed by atoms with E-state index in [4.69, 9.17) is 13.9 Å². The minimum absolute atomic E-state index is 0.165. The van der Waals surface area contributed by atoms with Crippen LogP contribution in [-0.4, -0.2) is 11.9 Å². The van der Waals surface area contributed by atoms with Crippen molar-refractivity contribution in [2.75, 3.05) is 0 Å². The molecule has 0 aliphatic carbocycles. The van der Waals surface area contributed by atoms with Gasteiger partial charge in [-0.1, -0.05) is 42.5 Å². The maximum Gasteiger partial charge on any atom is 0.343 e. The second-order valence-electron chi connectivity index (χ2n) is 6.17.